The van der Waals surface area contributed by atoms with Crippen LogP contribution < -0.4 is 20.9 Å². The van der Waals surface area contributed by atoms with Gasteiger partial charge in [0, 0.05) is 6.54 Å². The van der Waals surface area contributed by atoms with E-state index in [0.29, 0.717) is 11.4 Å². The number of carbonyl (C=O) groups is 3. The predicted molar refractivity (Wildman–Crippen MR) is 101 cm³/mol. The van der Waals surface area contributed by atoms with E-state index in [1.807, 2.05) is 0 Å². The lowest BCUT2D eigenvalue weighted by Gasteiger charge is -2.24. The summed E-state index contributed by atoms with van der Waals surface area (Å²) in [5.74, 6) is -7.41. The lowest BCUT2D eigenvalue weighted by molar-refractivity contribution is -0.278. The molecule has 1 unspecified atom stereocenters. The molecule has 0 spiro atoms. The molecular weight excluding hydrogens is 427 g/mol. The Kier molecular flexibility index (Phi) is 7.09. The molecule has 1 aromatic rings. The maximum atomic E-state index is 13.0. The third-order valence-corrected chi connectivity index (χ3v) is 4.51. The first-order chi connectivity index (χ1) is 14.4. The van der Waals surface area contributed by atoms with E-state index in [1.54, 1.807) is 24.3 Å². The standard InChI is InChI=1S/C19H19F5N4O3/c1-3-8-28-14-7-5-4-6-12(14)25-9-13(17(28)31)27-16(30)11(2)15(29)26-10-18(20,21)19(22,23)24/h1,4-7,11,13,25H,8-10H2,2H3,(H,26,29)(H,27,30)/t11?,13-/m0/s1. The van der Waals surface area contributed by atoms with E-state index in [4.69, 9.17) is 6.42 Å². The highest BCUT2D eigenvalue weighted by Crippen LogP contribution is 2.34. The van der Waals surface area contributed by atoms with Crippen molar-refractivity contribution >= 4 is 29.1 Å². The van der Waals surface area contributed by atoms with Gasteiger partial charge in [-0.05, 0) is 19.1 Å². The number of halogens is 5. The highest BCUT2D eigenvalue weighted by atomic mass is 19.4. The second kappa shape index (κ2) is 9.20. The van der Waals surface area contributed by atoms with Gasteiger partial charge in [-0.25, -0.2) is 0 Å². The Labute approximate surface area is 174 Å². The molecule has 2 atom stereocenters. The van der Waals surface area contributed by atoms with E-state index < -0.39 is 48.3 Å². The van der Waals surface area contributed by atoms with Crippen LogP contribution in [0, 0.1) is 18.3 Å². The number of alkyl halides is 5. The maximum Gasteiger partial charge on any atom is 0.455 e. The Balaban J connectivity index is 2.06. The lowest BCUT2D eigenvalue weighted by atomic mass is 10.1. The van der Waals surface area contributed by atoms with E-state index in [9.17, 15) is 36.3 Å². The van der Waals surface area contributed by atoms with E-state index in [-0.39, 0.29) is 13.1 Å². The van der Waals surface area contributed by atoms with Crippen LogP contribution in [0.3, 0.4) is 0 Å². The monoisotopic (exact) mass is 446 g/mol. The zero-order valence-corrected chi connectivity index (χ0v) is 16.2. The SMILES string of the molecule is C#CCN1C(=O)[C@@H](NC(=O)C(C)C(=O)NCC(F)(F)C(F)(F)F)CNc2ccccc21. The molecule has 3 amide bonds. The van der Waals surface area contributed by atoms with Gasteiger partial charge in [0.15, 0.2) is 0 Å². The highest BCUT2D eigenvalue weighted by Gasteiger charge is 2.57. The van der Waals surface area contributed by atoms with Gasteiger partial charge >= 0.3 is 12.1 Å². The number of hydrogen-bond acceptors (Lipinski definition) is 4. The van der Waals surface area contributed by atoms with Gasteiger partial charge in [0.1, 0.15) is 12.0 Å². The van der Waals surface area contributed by atoms with Crippen LogP contribution in [0.25, 0.3) is 0 Å². The molecule has 0 fully saturated rings. The molecule has 1 heterocycles. The Hall–Kier alpha value is -3.36. The second-order valence-corrected chi connectivity index (χ2v) is 6.73. The van der Waals surface area contributed by atoms with Gasteiger partial charge in [-0.3, -0.25) is 19.3 Å². The van der Waals surface area contributed by atoms with Gasteiger partial charge in [0.2, 0.25) is 11.8 Å². The van der Waals surface area contributed by atoms with Crippen LogP contribution in [0.2, 0.25) is 0 Å². The van der Waals surface area contributed by atoms with Gasteiger partial charge < -0.3 is 16.0 Å². The molecule has 0 saturated heterocycles. The van der Waals surface area contributed by atoms with Crippen molar-refractivity contribution < 1.29 is 36.3 Å². The van der Waals surface area contributed by atoms with Crippen molar-refractivity contribution in [1.29, 1.82) is 0 Å². The number of amides is 3. The fourth-order valence-corrected chi connectivity index (χ4v) is 2.70. The van der Waals surface area contributed by atoms with E-state index in [0.717, 1.165) is 6.92 Å². The number of anilines is 2. The van der Waals surface area contributed by atoms with Gasteiger partial charge in [0.25, 0.3) is 5.91 Å². The maximum absolute atomic E-state index is 13.0. The van der Waals surface area contributed by atoms with E-state index >= 15 is 0 Å². The van der Waals surface area contributed by atoms with Crippen LogP contribution in [0.15, 0.2) is 24.3 Å². The zero-order valence-electron chi connectivity index (χ0n) is 16.2. The predicted octanol–water partition coefficient (Wildman–Crippen LogP) is 1.51. The first-order valence-corrected chi connectivity index (χ1v) is 8.99. The molecular formula is C19H19F5N4O3. The van der Waals surface area contributed by atoms with Crippen LogP contribution in [-0.2, 0) is 14.4 Å². The molecule has 7 nitrogen and oxygen atoms in total. The minimum atomic E-state index is -5.85. The molecule has 0 saturated carbocycles. The summed E-state index contributed by atoms with van der Waals surface area (Å²) in [7, 11) is 0. The largest absolute Gasteiger partial charge is 0.455 e. The number of benzene rings is 1. The molecule has 168 valence electrons. The molecule has 2 rings (SSSR count). The Morgan fingerprint density at radius 2 is 1.90 bits per heavy atom. The smallest absolute Gasteiger partial charge is 0.381 e. The zero-order chi connectivity index (χ0) is 23.4. The molecule has 31 heavy (non-hydrogen) atoms. The fourth-order valence-electron chi connectivity index (χ4n) is 2.70. The molecule has 1 aromatic carbocycles. The first-order valence-electron chi connectivity index (χ1n) is 8.99. The molecule has 0 aromatic heterocycles. The van der Waals surface area contributed by atoms with Crippen molar-refractivity contribution in [3.8, 4) is 12.3 Å². The minimum Gasteiger partial charge on any atom is -0.381 e. The number of nitrogens with one attached hydrogen (secondary N) is 3. The topological polar surface area (TPSA) is 90.5 Å². The number of fused-ring (bicyclic) bond motifs is 1. The van der Waals surface area contributed by atoms with Crippen molar-refractivity contribution in [2.24, 2.45) is 5.92 Å². The van der Waals surface area contributed by atoms with Crippen molar-refractivity contribution in [2.45, 2.75) is 25.1 Å². The van der Waals surface area contributed by atoms with Crippen LogP contribution in [0.4, 0.5) is 33.3 Å². The average Bonchev–Trinajstić information content (AvgIpc) is 2.83. The number of nitrogens with zero attached hydrogens (tertiary/aromatic N) is 1. The van der Waals surface area contributed by atoms with Crippen LogP contribution in [0.1, 0.15) is 6.92 Å². The van der Waals surface area contributed by atoms with Crippen molar-refractivity contribution in [3.63, 3.8) is 0 Å². The molecule has 1 aliphatic heterocycles. The summed E-state index contributed by atoms with van der Waals surface area (Å²) in [5.41, 5.74) is 1.05. The minimum absolute atomic E-state index is 0.0663. The lowest BCUT2D eigenvalue weighted by Crippen LogP contribution is -2.54. The summed E-state index contributed by atoms with van der Waals surface area (Å²) in [6.07, 6.45) is -0.530. The van der Waals surface area contributed by atoms with Gasteiger partial charge in [-0.1, -0.05) is 18.1 Å². The summed E-state index contributed by atoms with van der Waals surface area (Å²) in [6, 6.07) is 5.55. The summed E-state index contributed by atoms with van der Waals surface area (Å²) >= 11 is 0. The van der Waals surface area contributed by atoms with Crippen LogP contribution in [-0.4, -0.2) is 55.5 Å². The van der Waals surface area contributed by atoms with Crippen LogP contribution >= 0.6 is 0 Å². The van der Waals surface area contributed by atoms with Gasteiger partial charge in [-0.15, -0.1) is 6.42 Å². The summed E-state index contributed by atoms with van der Waals surface area (Å²) in [5, 5.41) is 6.67. The third-order valence-electron chi connectivity index (χ3n) is 4.51. The first kappa shape index (κ1) is 23.9. The van der Waals surface area contributed by atoms with Crippen molar-refractivity contribution in [1.82, 2.24) is 10.6 Å². The molecule has 1 aliphatic rings. The molecule has 12 heteroatoms. The van der Waals surface area contributed by atoms with Crippen molar-refractivity contribution in [2.75, 3.05) is 29.9 Å². The Morgan fingerprint density at radius 3 is 2.52 bits per heavy atom. The summed E-state index contributed by atoms with van der Waals surface area (Å²) in [6.45, 7) is -1.17. The van der Waals surface area contributed by atoms with E-state index in [2.05, 4.69) is 16.6 Å². The third kappa shape index (κ3) is 5.42. The number of rotatable bonds is 6. The Bertz CT molecular complexity index is 897. The number of hydrogen-bond donors (Lipinski definition) is 3. The normalized spacial score (nSPS) is 17.5. The highest BCUT2D eigenvalue weighted by molar-refractivity contribution is 6.06. The summed E-state index contributed by atoms with van der Waals surface area (Å²) in [4.78, 5) is 38.3. The fraction of sp³-hybridized carbons (Fsp3) is 0.421. The summed E-state index contributed by atoms with van der Waals surface area (Å²) < 4.78 is 62.5. The quantitative estimate of drug-likeness (QED) is 0.351. The van der Waals surface area contributed by atoms with Crippen LogP contribution in [0.5, 0.6) is 0 Å². The average molecular weight is 446 g/mol. The molecule has 3 N–H and O–H groups in total. The van der Waals surface area contributed by atoms with E-state index in [1.165, 1.54) is 10.2 Å². The number of carbonyl (C=O) groups excluding carboxylic acids is 3. The van der Waals surface area contributed by atoms with Crippen molar-refractivity contribution in [3.05, 3.63) is 24.3 Å². The van der Waals surface area contributed by atoms with Gasteiger partial charge in [0.05, 0.1) is 24.5 Å². The molecule has 0 radical (unpaired) electrons. The molecule has 0 aliphatic carbocycles. The number of para-hydroxylation sites is 2. The van der Waals surface area contributed by atoms with Gasteiger partial charge in [-0.2, -0.15) is 22.0 Å². The number of terminal acetylenes is 1. The second-order valence-electron chi connectivity index (χ2n) is 6.73. The molecule has 0 bridgehead atoms. The Morgan fingerprint density at radius 1 is 1.26 bits per heavy atom.